The van der Waals surface area contributed by atoms with E-state index < -0.39 is 0 Å². The van der Waals surface area contributed by atoms with Crippen LogP contribution in [0.1, 0.15) is 25.7 Å². The van der Waals surface area contributed by atoms with Crippen molar-refractivity contribution in [2.45, 2.75) is 25.7 Å². The van der Waals surface area contributed by atoms with Crippen LogP contribution >= 0.6 is 0 Å². The van der Waals surface area contributed by atoms with Gasteiger partial charge >= 0.3 is 0 Å². The number of allylic oxidation sites excluding steroid dienone is 4. The molecule has 6 aromatic carbocycles. The first-order chi connectivity index (χ1) is 24.7. The molecule has 2 aliphatic rings. The molecule has 0 heterocycles. The molecular weight excluding hydrogens is 607 g/mol. The average Bonchev–Trinajstić information content (AvgIpc) is 3.19. The van der Waals surface area contributed by atoms with Crippen molar-refractivity contribution in [3.63, 3.8) is 0 Å². The topological polar surface area (TPSA) is 48.2 Å². The van der Waals surface area contributed by atoms with E-state index in [4.69, 9.17) is 4.99 Å². The number of hydrogen-bond donors (Lipinski definition) is 1. The second-order valence-electron chi connectivity index (χ2n) is 13.1. The van der Waals surface area contributed by atoms with Gasteiger partial charge < -0.3 is 5.32 Å². The van der Waals surface area contributed by atoms with Gasteiger partial charge in [0.2, 0.25) is 0 Å². The van der Waals surface area contributed by atoms with Crippen molar-refractivity contribution in [1.82, 2.24) is 0 Å². The number of nitrogens with zero attached hydrogens (tertiary/aromatic N) is 2. The minimum Gasteiger partial charge on any atom is -0.359 e. The molecule has 1 unspecified atom stereocenters. The second-order valence-corrected chi connectivity index (χ2v) is 13.1. The van der Waals surface area contributed by atoms with Crippen LogP contribution in [0.15, 0.2) is 186 Å². The van der Waals surface area contributed by atoms with Gasteiger partial charge in [0, 0.05) is 11.4 Å². The lowest BCUT2D eigenvalue weighted by molar-refractivity contribution is 0.512. The van der Waals surface area contributed by atoms with Gasteiger partial charge in [-0.2, -0.15) is 5.26 Å². The van der Waals surface area contributed by atoms with Crippen molar-refractivity contribution >= 4 is 17.1 Å². The first-order valence-electron chi connectivity index (χ1n) is 17.4. The van der Waals surface area contributed by atoms with Crippen molar-refractivity contribution in [3.05, 3.63) is 181 Å². The quantitative estimate of drug-likeness (QED) is 0.188. The van der Waals surface area contributed by atoms with Gasteiger partial charge in [-0.25, -0.2) is 0 Å². The summed E-state index contributed by atoms with van der Waals surface area (Å²) in [5.74, 6) is 0.400. The molecule has 3 nitrogen and oxygen atoms in total. The van der Waals surface area contributed by atoms with Gasteiger partial charge in [-0.15, -0.1) is 0 Å². The van der Waals surface area contributed by atoms with Crippen molar-refractivity contribution in [2.75, 3.05) is 5.32 Å². The first kappa shape index (κ1) is 31.1. The third-order valence-electron chi connectivity index (χ3n) is 9.92. The van der Waals surface area contributed by atoms with E-state index in [-0.39, 0.29) is 0 Å². The fourth-order valence-electron chi connectivity index (χ4n) is 7.17. The Hall–Kier alpha value is -6.24. The van der Waals surface area contributed by atoms with Crippen molar-refractivity contribution < 1.29 is 0 Å². The summed E-state index contributed by atoms with van der Waals surface area (Å²) in [6.45, 7) is 0. The Bertz CT molecular complexity index is 2240. The minimum absolute atomic E-state index is 0.400. The van der Waals surface area contributed by atoms with Crippen LogP contribution in [0.4, 0.5) is 11.4 Å². The van der Waals surface area contributed by atoms with Crippen LogP contribution in [0.5, 0.6) is 0 Å². The summed E-state index contributed by atoms with van der Waals surface area (Å²) >= 11 is 0. The zero-order chi connectivity index (χ0) is 33.7. The summed E-state index contributed by atoms with van der Waals surface area (Å²) in [5, 5.41) is 14.0. The van der Waals surface area contributed by atoms with Crippen LogP contribution in [-0.4, -0.2) is 5.71 Å². The predicted octanol–water partition coefficient (Wildman–Crippen LogP) is 12.4. The lowest BCUT2D eigenvalue weighted by Crippen LogP contribution is -2.22. The van der Waals surface area contributed by atoms with E-state index in [0.717, 1.165) is 65.2 Å². The van der Waals surface area contributed by atoms with E-state index in [0.29, 0.717) is 5.92 Å². The smallest absolute Gasteiger partial charge is 0.101 e. The van der Waals surface area contributed by atoms with Gasteiger partial charge in [0.15, 0.2) is 0 Å². The van der Waals surface area contributed by atoms with Gasteiger partial charge in [0.1, 0.15) is 6.07 Å². The number of rotatable bonds is 7. The van der Waals surface area contributed by atoms with Crippen molar-refractivity contribution in [1.29, 1.82) is 5.26 Å². The summed E-state index contributed by atoms with van der Waals surface area (Å²) in [6.07, 6.45) is 6.06. The van der Waals surface area contributed by atoms with Crippen LogP contribution in [0, 0.1) is 17.2 Å². The molecule has 0 saturated carbocycles. The van der Waals surface area contributed by atoms with E-state index in [1.54, 1.807) is 0 Å². The van der Waals surface area contributed by atoms with Gasteiger partial charge in [0.05, 0.1) is 17.0 Å². The Morgan fingerprint density at radius 3 is 1.40 bits per heavy atom. The number of aliphatic imine (C=N–C) groups is 1. The lowest BCUT2D eigenvalue weighted by atomic mass is 9.76. The van der Waals surface area contributed by atoms with E-state index in [9.17, 15) is 5.26 Å². The SMILES string of the molecule is N#CC1=C2C=C(Nc3ccc(-c4ccc(-c5ccccc5)cc4)cc3)CCC2CC/C1=N\c1ccc(-c2ccc(-c3ccccc3)cc2)cc1. The molecule has 0 fully saturated rings. The van der Waals surface area contributed by atoms with Crippen LogP contribution in [-0.2, 0) is 0 Å². The van der Waals surface area contributed by atoms with E-state index >= 15 is 0 Å². The van der Waals surface area contributed by atoms with Gasteiger partial charge in [-0.05, 0) is 112 Å². The molecule has 8 rings (SSSR count). The number of nitrogens with one attached hydrogen (secondary N) is 1. The van der Waals surface area contributed by atoms with E-state index in [2.05, 4.69) is 163 Å². The summed E-state index contributed by atoms with van der Waals surface area (Å²) in [5.41, 5.74) is 15.4. The van der Waals surface area contributed by atoms with Gasteiger partial charge in [-0.1, -0.05) is 133 Å². The third kappa shape index (κ3) is 6.70. The summed E-state index contributed by atoms with van der Waals surface area (Å²) in [4.78, 5) is 5.01. The molecular formula is C47H37N3. The number of benzene rings is 6. The highest BCUT2D eigenvalue weighted by molar-refractivity contribution is 6.06. The minimum atomic E-state index is 0.400. The standard InChI is InChI=1S/C47H37N3/c48-32-46-45-31-44(49-42-25-19-39(20-26-42)37-15-11-35(12-16-37)33-7-3-1-4-8-33)29-23-41(45)24-30-47(46)50-43-27-21-40(22-28-43)38-17-13-36(14-18-38)34-9-5-2-6-10-34/h1-22,25-28,31,41,49H,23-24,29-30H2/b50-47+. The largest absolute Gasteiger partial charge is 0.359 e. The highest BCUT2D eigenvalue weighted by atomic mass is 14.9. The van der Waals surface area contributed by atoms with Crippen LogP contribution in [0.25, 0.3) is 44.5 Å². The number of nitriles is 1. The van der Waals surface area contributed by atoms with Crippen LogP contribution < -0.4 is 5.32 Å². The summed E-state index contributed by atoms with van der Waals surface area (Å²) in [6, 6.07) is 57.8. The highest BCUT2D eigenvalue weighted by Gasteiger charge is 2.29. The maximum absolute atomic E-state index is 10.3. The van der Waals surface area contributed by atoms with Gasteiger partial charge in [-0.3, -0.25) is 4.99 Å². The molecule has 0 aromatic heterocycles. The van der Waals surface area contributed by atoms with Crippen LogP contribution in [0.2, 0.25) is 0 Å². The van der Waals surface area contributed by atoms with Crippen molar-refractivity contribution in [3.8, 4) is 50.6 Å². The van der Waals surface area contributed by atoms with Gasteiger partial charge in [0.25, 0.3) is 0 Å². The molecule has 0 saturated heterocycles. The Kier molecular flexibility index (Phi) is 8.75. The van der Waals surface area contributed by atoms with Crippen LogP contribution in [0.3, 0.4) is 0 Å². The molecule has 0 aliphatic heterocycles. The normalized spacial score (nSPS) is 16.3. The molecule has 0 bridgehead atoms. The fraction of sp³-hybridized carbons (Fsp3) is 0.106. The monoisotopic (exact) mass is 643 g/mol. The highest BCUT2D eigenvalue weighted by Crippen LogP contribution is 2.39. The first-order valence-corrected chi connectivity index (χ1v) is 17.4. The zero-order valence-corrected chi connectivity index (χ0v) is 27.9. The fourth-order valence-corrected chi connectivity index (χ4v) is 7.17. The summed E-state index contributed by atoms with van der Waals surface area (Å²) < 4.78 is 0. The molecule has 6 aromatic rings. The number of anilines is 1. The van der Waals surface area contributed by atoms with Crippen molar-refractivity contribution in [2.24, 2.45) is 10.9 Å². The Morgan fingerprint density at radius 2 is 0.920 bits per heavy atom. The molecule has 3 heteroatoms. The molecule has 1 atom stereocenters. The predicted molar refractivity (Wildman–Crippen MR) is 208 cm³/mol. The molecule has 1 N–H and O–H groups in total. The third-order valence-corrected chi connectivity index (χ3v) is 9.92. The molecule has 50 heavy (non-hydrogen) atoms. The molecule has 0 spiro atoms. The maximum atomic E-state index is 10.3. The zero-order valence-electron chi connectivity index (χ0n) is 27.9. The molecule has 2 aliphatic carbocycles. The maximum Gasteiger partial charge on any atom is 0.101 e. The number of hydrogen-bond acceptors (Lipinski definition) is 3. The Balaban J connectivity index is 0.968. The Morgan fingerprint density at radius 1 is 0.500 bits per heavy atom. The van der Waals surface area contributed by atoms with E-state index in [1.165, 1.54) is 38.9 Å². The average molecular weight is 644 g/mol. The summed E-state index contributed by atoms with van der Waals surface area (Å²) in [7, 11) is 0. The van der Waals surface area contributed by atoms with E-state index in [1.807, 2.05) is 12.1 Å². The molecule has 0 radical (unpaired) electrons. The Labute approximate surface area is 294 Å². The molecule has 0 amide bonds. The number of fused-ring (bicyclic) bond motifs is 1. The lowest BCUT2D eigenvalue weighted by Gasteiger charge is -2.30. The second kappa shape index (κ2) is 14.1. The molecule has 240 valence electrons.